The molecule has 4 nitrogen and oxygen atoms in total. The van der Waals surface area contributed by atoms with Crippen molar-refractivity contribution >= 4 is 40.5 Å². The van der Waals surface area contributed by atoms with Gasteiger partial charge in [0.2, 0.25) is 0 Å². The molecule has 1 saturated heterocycles. The van der Waals surface area contributed by atoms with Crippen LogP contribution in [0, 0.1) is 0 Å². The van der Waals surface area contributed by atoms with Gasteiger partial charge in [0.15, 0.2) is 0 Å². The van der Waals surface area contributed by atoms with E-state index in [1.165, 1.54) is 25.7 Å². The summed E-state index contributed by atoms with van der Waals surface area (Å²) in [5.74, 6) is -0.357. The van der Waals surface area contributed by atoms with Crippen LogP contribution in [0.3, 0.4) is 0 Å². The molecule has 2 heterocycles. The number of carbonyl (C=O) groups excluding carboxylic acids is 1. The Morgan fingerprint density at radius 2 is 1.71 bits per heavy atom. The van der Waals surface area contributed by atoms with Crippen molar-refractivity contribution in [1.29, 1.82) is 0 Å². The number of pyridine rings is 1. The predicted molar refractivity (Wildman–Crippen MR) is 99.3 cm³/mol. The third kappa shape index (κ3) is 4.00. The molecule has 1 aliphatic rings. The highest BCUT2D eigenvalue weighted by Crippen LogP contribution is 2.29. The number of benzene rings is 1. The smallest absolute Gasteiger partial charge is 0.275 e. The first kappa shape index (κ1) is 17.1. The van der Waals surface area contributed by atoms with Gasteiger partial charge in [0.25, 0.3) is 5.91 Å². The minimum Gasteiger partial charge on any atom is -0.370 e. The highest BCUT2D eigenvalue weighted by Gasteiger charge is 2.17. The van der Waals surface area contributed by atoms with E-state index in [1.807, 2.05) is 24.3 Å². The zero-order valence-electron chi connectivity index (χ0n) is 13.3. The largest absolute Gasteiger partial charge is 0.370 e. The Morgan fingerprint density at radius 1 is 1.00 bits per heavy atom. The van der Waals surface area contributed by atoms with Crippen LogP contribution in [0.25, 0.3) is 0 Å². The van der Waals surface area contributed by atoms with Crippen molar-refractivity contribution in [3.63, 3.8) is 0 Å². The summed E-state index contributed by atoms with van der Waals surface area (Å²) in [6.07, 6.45) is 4.86. The summed E-state index contributed by atoms with van der Waals surface area (Å²) in [6.45, 7) is 2.01. The number of carbonyl (C=O) groups is 1. The zero-order valence-corrected chi connectivity index (χ0v) is 14.8. The van der Waals surface area contributed by atoms with E-state index in [1.54, 1.807) is 12.1 Å². The fourth-order valence-electron chi connectivity index (χ4n) is 2.93. The number of hydrogen-bond acceptors (Lipinski definition) is 3. The van der Waals surface area contributed by atoms with Crippen molar-refractivity contribution in [3.05, 3.63) is 52.3 Å². The van der Waals surface area contributed by atoms with Crippen LogP contribution in [-0.4, -0.2) is 24.0 Å². The maximum atomic E-state index is 12.6. The van der Waals surface area contributed by atoms with Crippen molar-refractivity contribution < 1.29 is 4.79 Å². The summed E-state index contributed by atoms with van der Waals surface area (Å²) in [6, 6.07) is 11.0. The van der Waals surface area contributed by atoms with Crippen molar-refractivity contribution in [2.24, 2.45) is 0 Å². The van der Waals surface area contributed by atoms with Crippen LogP contribution in [0.2, 0.25) is 10.2 Å². The Morgan fingerprint density at radius 3 is 2.46 bits per heavy atom. The normalized spacial score (nSPS) is 15.0. The second-order valence-electron chi connectivity index (χ2n) is 5.84. The molecule has 24 heavy (non-hydrogen) atoms. The van der Waals surface area contributed by atoms with E-state index >= 15 is 0 Å². The third-order valence-electron chi connectivity index (χ3n) is 4.13. The summed E-state index contributed by atoms with van der Waals surface area (Å²) >= 11 is 12.0. The highest BCUT2D eigenvalue weighted by molar-refractivity contribution is 6.35. The summed E-state index contributed by atoms with van der Waals surface area (Å²) in [5, 5.41) is 3.45. The molecule has 0 saturated carbocycles. The number of nitrogens with zero attached hydrogens (tertiary/aromatic N) is 2. The van der Waals surface area contributed by atoms with Crippen LogP contribution >= 0.6 is 23.2 Å². The lowest BCUT2D eigenvalue weighted by Crippen LogP contribution is -2.26. The molecule has 1 N–H and O–H groups in total. The maximum Gasteiger partial charge on any atom is 0.275 e. The molecule has 0 spiro atoms. The van der Waals surface area contributed by atoms with Gasteiger partial charge < -0.3 is 10.2 Å². The number of nitrogens with one attached hydrogen (secondary N) is 1. The Balaban J connectivity index is 1.84. The molecule has 1 aromatic carbocycles. The van der Waals surface area contributed by atoms with E-state index in [4.69, 9.17) is 23.2 Å². The number of rotatable bonds is 3. The first-order chi connectivity index (χ1) is 11.6. The van der Waals surface area contributed by atoms with Crippen molar-refractivity contribution in [2.75, 3.05) is 23.3 Å². The van der Waals surface area contributed by atoms with Gasteiger partial charge in [-0.25, -0.2) is 4.98 Å². The van der Waals surface area contributed by atoms with Gasteiger partial charge in [-0.2, -0.15) is 0 Å². The first-order valence-corrected chi connectivity index (χ1v) is 8.88. The van der Waals surface area contributed by atoms with Gasteiger partial charge in [-0.05, 0) is 37.1 Å². The fourth-order valence-corrected chi connectivity index (χ4v) is 3.26. The number of hydrogen-bond donors (Lipinski definition) is 1. The van der Waals surface area contributed by atoms with Crippen molar-refractivity contribution in [3.8, 4) is 0 Å². The Labute approximate surface area is 151 Å². The molecule has 3 rings (SSSR count). The quantitative estimate of drug-likeness (QED) is 0.778. The van der Waals surface area contributed by atoms with E-state index in [0.29, 0.717) is 0 Å². The standard InChI is InChI=1S/C18H19Cl2N3O/c19-13-9-10-16(20)22-17(13)18(24)21-14-7-3-4-8-15(14)23-11-5-1-2-6-12-23/h3-4,7-10H,1-2,5-6,11-12H2,(H,21,24). The second-order valence-corrected chi connectivity index (χ2v) is 6.63. The SMILES string of the molecule is O=C(Nc1ccccc1N1CCCCCC1)c1nc(Cl)ccc1Cl. The molecule has 1 fully saturated rings. The van der Waals surface area contributed by atoms with Crippen LogP contribution in [0.15, 0.2) is 36.4 Å². The lowest BCUT2D eigenvalue weighted by atomic mass is 10.2. The van der Waals surface area contributed by atoms with E-state index in [9.17, 15) is 4.79 Å². The van der Waals surface area contributed by atoms with Gasteiger partial charge in [-0.15, -0.1) is 0 Å². The molecule has 1 aromatic heterocycles. The minimum atomic E-state index is -0.357. The highest BCUT2D eigenvalue weighted by atomic mass is 35.5. The first-order valence-electron chi connectivity index (χ1n) is 8.12. The number of halogens is 2. The van der Waals surface area contributed by atoms with Gasteiger partial charge in [-0.1, -0.05) is 48.2 Å². The molecule has 126 valence electrons. The molecule has 6 heteroatoms. The molecule has 0 unspecified atom stereocenters. The van der Waals surface area contributed by atoms with Crippen LogP contribution in [0.4, 0.5) is 11.4 Å². The summed E-state index contributed by atoms with van der Waals surface area (Å²) < 4.78 is 0. The van der Waals surface area contributed by atoms with E-state index < -0.39 is 0 Å². The lowest BCUT2D eigenvalue weighted by Gasteiger charge is -2.25. The average Bonchev–Trinajstić information content (AvgIpc) is 2.87. The zero-order chi connectivity index (χ0) is 16.9. The second kappa shape index (κ2) is 7.86. The number of para-hydroxylation sites is 2. The van der Waals surface area contributed by atoms with Gasteiger partial charge >= 0.3 is 0 Å². The van der Waals surface area contributed by atoms with Crippen molar-refractivity contribution in [2.45, 2.75) is 25.7 Å². The van der Waals surface area contributed by atoms with Gasteiger partial charge in [0, 0.05) is 13.1 Å². The molecular weight excluding hydrogens is 345 g/mol. The molecule has 0 atom stereocenters. The number of anilines is 2. The Hall–Kier alpha value is -1.78. The summed E-state index contributed by atoms with van der Waals surface area (Å²) in [7, 11) is 0. The van der Waals surface area contributed by atoms with Gasteiger partial charge in [-0.3, -0.25) is 4.79 Å². The van der Waals surface area contributed by atoms with E-state index in [2.05, 4.69) is 15.2 Å². The van der Waals surface area contributed by atoms with Gasteiger partial charge in [0.05, 0.1) is 16.4 Å². The van der Waals surface area contributed by atoms with Gasteiger partial charge in [0.1, 0.15) is 10.8 Å². The molecule has 0 aliphatic carbocycles. The number of aromatic nitrogens is 1. The van der Waals surface area contributed by atoms with Crippen LogP contribution in [-0.2, 0) is 0 Å². The van der Waals surface area contributed by atoms with E-state index in [-0.39, 0.29) is 21.8 Å². The fraction of sp³-hybridized carbons (Fsp3) is 0.333. The Bertz CT molecular complexity index is 728. The average molecular weight is 364 g/mol. The topological polar surface area (TPSA) is 45.2 Å². The summed E-state index contributed by atoms with van der Waals surface area (Å²) in [5.41, 5.74) is 1.93. The van der Waals surface area contributed by atoms with Crippen LogP contribution < -0.4 is 10.2 Å². The Kier molecular flexibility index (Phi) is 5.59. The third-order valence-corrected chi connectivity index (χ3v) is 4.64. The van der Waals surface area contributed by atoms with E-state index in [0.717, 1.165) is 24.5 Å². The molecule has 2 aromatic rings. The maximum absolute atomic E-state index is 12.6. The lowest BCUT2D eigenvalue weighted by molar-refractivity contribution is 0.102. The molecular formula is C18H19Cl2N3O. The molecule has 1 amide bonds. The predicted octanol–water partition coefficient (Wildman–Crippen LogP) is 5.02. The number of amides is 1. The molecule has 1 aliphatic heterocycles. The molecule has 0 radical (unpaired) electrons. The molecule has 0 bridgehead atoms. The van der Waals surface area contributed by atoms with Crippen LogP contribution in [0.5, 0.6) is 0 Å². The monoisotopic (exact) mass is 363 g/mol. The summed E-state index contributed by atoms with van der Waals surface area (Å²) in [4.78, 5) is 18.9. The van der Waals surface area contributed by atoms with Crippen molar-refractivity contribution in [1.82, 2.24) is 4.98 Å². The van der Waals surface area contributed by atoms with Crippen LogP contribution in [0.1, 0.15) is 36.2 Å². The minimum absolute atomic E-state index is 0.134.